The third-order valence-electron chi connectivity index (χ3n) is 8.60. The van der Waals surface area contributed by atoms with Crippen molar-refractivity contribution in [3.05, 3.63) is 83.4 Å². The Morgan fingerprint density at radius 3 is 2.14 bits per heavy atom. The van der Waals surface area contributed by atoms with Crippen molar-refractivity contribution in [2.24, 2.45) is 5.92 Å². The van der Waals surface area contributed by atoms with Crippen LogP contribution >= 0.6 is 11.6 Å². The van der Waals surface area contributed by atoms with Gasteiger partial charge in [0.05, 0.1) is 18.6 Å². The zero-order valence-corrected chi connectivity index (χ0v) is 25.8. The average molecular weight is 611 g/mol. The van der Waals surface area contributed by atoms with Gasteiger partial charge in [0.15, 0.2) is 0 Å². The van der Waals surface area contributed by atoms with E-state index in [-0.39, 0.29) is 24.0 Å². The van der Waals surface area contributed by atoms with Gasteiger partial charge in [0, 0.05) is 30.7 Å². The molecule has 224 valence electrons. The molecule has 0 unspecified atom stereocenters. The Morgan fingerprint density at radius 2 is 1.52 bits per heavy atom. The Hall–Kier alpha value is -2.91. The first kappa shape index (κ1) is 30.5. The largest absolute Gasteiger partial charge is 0.493 e. The summed E-state index contributed by atoms with van der Waals surface area (Å²) >= 11 is 6.03. The fourth-order valence-electron chi connectivity index (χ4n) is 5.97. The highest BCUT2D eigenvalue weighted by molar-refractivity contribution is 7.89. The predicted octanol–water partition coefficient (Wildman–Crippen LogP) is 6.58. The van der Waals surface area contributed by atoms with Crippen LogP contribution in [-0.2, 0) is 19.6 Å². The summed E-state index contributed by atoms with van der Waals surface area (Å²) < 4.78 is 39.8. The molecular formula is C33H39ClN2O5S. The van der Waals surface area contributed by atoms with Crippen molar-refractivity contribution >= 4 is 27.6 Å². The Balaban J connectivity index is 1.26. The predicted molar refractivity (Wildman–Crippen MR) is 165 cm³/mol. The lowest BCUT2D eigenvalue weighted by molar-refractivity contribution is -0.147. The van der Waals surface area contributed by atoms with Gasteiger partial charge < -0.3 is 9.47 Å². The smallest absolute Gasteiger partial charge is 0.325 e. The number of halogens is 1. The number of ether oxygens (including phenoxy) is 2. The van der Waals surface area contributed by atoms with Gasteiger partial charge in [0.25, 0.3) is 0 Å². The molecule has 2 fully saturated rings. The van der Waals surface area contributed by atoms with Crippen molar-refractivity contribution in [1.29, 1.82) is 0 Å². The number of piperazine rings is 1. The van der Waals surface area contributed by atoms with Crippen LogP contribution < -0.4 is 4.74 Å². The van der Waals surface area contributed by atoms with E-state index in [1.807, 2.05) is 24.3 Å². The van der Waals surface area contributed by atoms with E-state index in [2.05, 4.69) is 36.1 Å². The summed E-state index contributed by atoms with van der Waals surface area (Å²) in [6.45, 7) is 3.61. The average Bonchev–Trinajstić information content (AvgIpc) is 3.04. The molecular weight excluding hydrogens is 572 g/mol. The summed E-state index contributed by atoms with van der Waals surface area (Å²) in [6.07, 6.45) is 6.15. The molecule has 1 saturated heterocycles. The standard InChI is InChI=1S/C33H39ClN2O5S/c1-24(26-8-10-27(11-9-26)28-12-14-29(34)15-13-28)35-20-21-36(32(22-35)33(37)40-2)42(38,39)31-18-16-30(17-19-31)41-23-25-6-4-3-5-7-25/h8-19,24-25,32H,3-7,20-23H2,1-2H3/t24-,32-/m0/s1. The van der Waals surface area contributed by atoms with E-state index in [1.54, 1.807) is 24.3 Å². The molecule has 42 heavy (non-hydrogen) atoms. The second-order valence-corrected chi connectivity index (χ2v) is 13.6. The Labute approximate surface area is 254 Å². The second kappa shape index (κ2) is 13.6. The first-order valence-electron chi connectivity index (χ1n) is 14.7. The minimum atomic E-state index is -3.93. The SMILES string of the molecule is COC(=O)[C@@H]1CN([C@@H](C)c2ccc(-c3ccc(Cl)cc3)cc2)CCN1S(=O)(=O)c1ccc(OCC2CCCCC2)cc1. The highest BCUT2D eigenvalue weighted by Gasteiger charge is 2.42. The third kappa shape index (κ3) is 7.00. The number of methoxy groups -OCH3 is 1. The molecule has 3 aromatic rings. The number of rotatable bonds is 9. The molecule has 7 nitrogen and oxygen atoms in total. The van der Waals surface area contributed by atoms with Crippen molar-refractivity contribution in [2.45, 2.75) is 56.0 Å². The molecule has 0 spiro atoms. The van der Waals surface area contributed by atoms with Crippen molar-refractivity contribution < 1.29 is 22.7 Å². The quantitative estimate of drug-likeness (QED) is 0.255. The first-order chi connectivity index (χ1) is 20.3. The van der Waals surface area contributed by atoms with E-state index in [0.717, 1.165) is 16.7 Å². The summed E-state index contributed by atoms with van der Waals surface area (Å²) in [5.74, 6) is 0.647. The second-order valence-electron chi connectivity index (χ2n) is 11.2. The molecule has 0 aromatic heterocycles. The Morgan fingerprint density at radius 1 is 0.905 bits per heavy atom. The van der Waals surface area contributed by atoms with Crippen LogP contribution in [-0.4, -0.2) is 63.0 Å². The lowest BCUT2D eigenvalue weighted by Crippen LogP contribution is -2.58. The van der Waals surface area contributed by atoms with Crippen LogP contribution in [0.1, 0.15) is 50.6 Å². The van der Waals surface area contributed by atoms with Crippen molar-refractivity contribution in [1.82, 2.24) is 9.21 Å². The van der Waals surface area contributed by atoms with Crippen LogP contribution in [0.2, 0.25) is 5.02 Å². The minimum Gasteiger partial charge on any atom is -0.493 e. The Bertz CT molecular complexity index is 1440. The molecule has 3 aromatic carbocycles. The van der Waals surface area contributed by atoms with Gasteiger partial charge in [-0.3, -0.25) is 9.69 Å². The molecule has 1 saturated carbocycles. The van der Waals surface area contributed by atoms with Crippen molar-refractivity contribution in [3.63, 3.8) is 0 Å². The van der Waals surface area contributed by atoms with E-state index in [4.69, 9.17) is 21.1 Å². The molecule has 0 radical (unpaired) electrons. The zero-order valence-electron chi connectivity index (χ0n) is 24.2. The number of hydrogen-bond donors (Lipinski definition) is 0. The third-order valence-corrected chi connectivity index (χ3v) is 10.8. The van der Waals surface area contributed by atoms with Crippen LogP contribution in [0, 0.1) is 5.92 Å². The van der Waals surface area contributed by atoms with Crippen LogP contribution in [0.15, 0.2) is 77.7 Å². The fourth-order valence-corrected chi connectivity index (χ4v) is 7.66. The topological polar surface area (TPSA) is 76.2 Å². The van der Waals surface area contributed by atoms with Gasteiger partial charge in [-0.15, -0.1) is 0 Å². The van der Waals surface area contributed by atoms with E-state index < -0.39 is 22.0 Å². The molecule has 1 heterocycles. The van der Waals surface area contributed by atoms with Gasteiger partial charge in [-0.05, 0) is 78.8 Å². The summed E-state index contributed by atoms with van der Waals surface area (Å²) in [4.78, 5) is 15.2. The number of nitrogens with zero attached hydrogens (tertiary/aromatic N) is 2. The van der Waals surface area contributed by atoms with Crippen LogP contribution in [0.4, 0.5) is 0 Å². The monoisotopic (exact) mass is 610 g/mol. The number of esters is 1. The van der Waals surface area contributed by atoms with E-state index >= 15 is 0 Å². The molecule has 0 N–H and O–H groups in total. The summed E-state index contributed by atoms with van der Waals surface area (Å²) in [7, 11) is -2.64. The number of sulfonamides is 1. The van der Waals surface area contributed by atoms with E-state index in [1.165, 1.54) is 43.5 Å². The van der Waals surface area contributed by atoms with Gasteiger partial charge in [-0.25, -0.2) is 8.42 Å². The first-order valence-corrected chi connectivity index (χ1v) is 16.5. The Kier molecular flexibility index (Phi) is 9.88. The van der Waals surface area contributed by atoms with E-state index in [9.17, 15) is 13.2 Å². The van der Waals surface area contributed by atoms with E-state index in [0.29, 0.717) is 29.8 Å². The number of benzene rings is 3. The van der Waals surface area contributed by atoms with Gasteiger partial charge in [0.2, 0.25) is 10.0 Å². The highest BCUT2D eigenvalue weighted by Crippen LogP contribution is 2.31. The molecule has 0 bridgehead atoms. The number of carbonyl (C=O) groups is 1. The fraction of sp³-hybridized carbons (Fsp3) is 0.424. The number of hydrogen-bond acceptors (Lipinski definition) is 6. The van der Waals surface area contributed by atoms with Crippen molar-refractivity contribution in [3.8, 4) is 16.9 Å². The molecule has 0 amide bonds. The zero-order chi connectivity index (χ0) is 29.7. The summed E-state index contributed by atoms with van der Waals surface area (Å²) in [6, 6.07) is 21.5. The molecule has 2 atom stereocenters. The van der Waals surface area contributed by atoms with Gasteiger partial charge in [-0.1, -0.05) is 67.3 Å². The lowest BCUT2D eigenvalue weighted by Gasteiger charge is -2.41. The maximum atomic E-state index is 13.7. The van der Waals surface area contributed by atoms with Crippen LogP contribution in [0.25, 0.3) is 11.1 Å². The molecule has 1 aliphatic heterocycles. The molecule has 9 heteroatoms. The maximum absolute atomic E-state index is 13.7. The van der Waals surface area contributed by atoms with Crippen molar-refractivity contribution in [2.75, 3.05) is 33.4 Å². The maximum Gasteiger partial charge on any atom is 0.325 e. The van der Waals surface area contributed by atoms with Crippen LogP contribution in [0.3, 0.4) is 0 Å². The van der Waals surface area contributed by atoms with Gasteiger partial charge in [0.1, 0.15) is 11.8 Å². The summed E-state index contributed by atoms with van der Waals surface area (Å²) in [5, 5.41) is 0.696. The number of carbonyl (C=O) groups excluding carboxylic acids is 1. The van der Waals surface area contributed by atoms with Gasteiger partial charge >= 0.3 is 5.97 Å². The normalized spacial score (nSPS) is 19.7. The molecule has 5 rings (SSSR count). The lowest BCUT2D eigenvalue weighted by atomic mass is 9.90. The molecule has 1 aliphatic carbocycles. The molecule has 2 aliphatic rings. The summed E-state index contributed by atoms with van der Waals surface area (Å²) in [5.41, 5.74) is 3.24. The minimum absolute atomic E-state index is 0.0260. The van der Waals surface area contributed by atoms with Crippen LogP contribution in [0.5, 0.6) is 5.75 Å². The van der Waals surface area contributed by atoms with Gasteiger partial charge in [-0.2, -0.15) is 4.31 Å². The highest BCUT2D eigenvalue weighted by atomic mass is 35.5.